The monoisotopic (exact) mass is 89.0 g/mol. The van der Waals surface area contributed by atoms with E-state index < -0.39 is 0 Å². The maximum atomic E-state index is 0. The van der Waals surface area contributed by atoms with E-state index in [4.69, 9.17) is 0 Å². The molecule has 4 heteroatoms. The van der Waals surface area contributed by atoms with Crippen molar-refractivity contribution in [2.75, 3.05) is 0 Å². The van der Waals surface area contributed by atoms with Gasteiger partial charge in [0.05, 0.1) is 0 Å². The van der Waals surface area contributed by atoms with Gasteiger partial charge >= 0.3 is 28.3 Å². The van der Waals surface area contributed by atoms with Gasteiger partial charge in [0.2, 0.25) is 0 Å². The topological polar surface area (TPSA) is 60.0 Å². The van der Waals surface area contributed by atoms with Crippen LogP contribution in [0.15, 0.2) is 0 Å². The van der Waals surface area contributed by atoms with Crippen LogP contribution in [0.3, 0.4) is 0 Å². The van der Waals surface area contributed by atoms with Gasteiger partial charge in [-0.15, -0.1) is 0 Å². The van der Waals surface area contributed by atoms with Crippen molar-refractivity contribution in [1.29, 1.82) is 0 Å². The van der Waals surface area contributed by atoms with Gasteiger partial charge in [-0.05, 0) is 0 Å². The minimum Gasteiger partial charge on any atom is -2.00 e. The molecule has 0 aliphatic rings. The fourth-order valence-corrected chi connectivity index (χ4v) is 0. The Morgan fingerprint density at radius 1 is 1.00 bits per heavy atom. The second-order valence-electron chi connectivity index (χ2n) is 0. The van der Waals surface area contributed by atoms with Crippen molar-refractivity contribution in [2.24, 2.45) is 0 Å². The maximum Gasteiger partial charge on any atom is 4.00 e. The first-order valence-corrected chi connectivity index (χ1v) is 0. The fraction of sp³-hybridized carbons (Fsp3) is 0. The van der Waals surface area contributed by atoms with Gasteiger partial charge in [-0.2, -0.15) is 0 Å². The summed E-state index contributed by atoms with van der Waals surface area (Å²) in [5, 5.41) is 0. The van der Waals surface area contributed by atoms with Crippen LogP contribution in [0.4, 0.5) is 0 Å². The van der Waals surface area contributed by atoms with Gasteiger partial charge in [-0.3, -0.25) is 0 Å². The normalized spacial score (nSPS) is 0. The molecule has 2 nitrogen and oxygen atoms in total. The quantitative estimate of drug-likeness (QED) is 0.317. The van der Waals surface area contributed by atoms with Crippen LogP contribution in [-0.4, -0.2) is 33.8 Å². The van der Waals surface area contributed by atoms with Gasteiger partial charge in [0.15, 0.2) is 0 Å². The molecule has 4 heavy (non-hydrogen) atoms. The van der Waals surface area contributed by atoms with E-state index in [9.17, 15) is 0 Å². The number of hydrogen-bond acceptors (Lipinski definition) is 0. The van der Waals surface area contributed by atoms with E-state index in [1.165, 1.54) is 0 Å². The summed E-state index contributed by atoms with van der Waals surface area (Å²) in [6.07, 6.45) is 0. The third kappa shape index (κ3) is 16.6. The van der Waals surface area contributed by atoms with Crippen LogP contribution in [0.2, 0.25) is 0 Å². The smallest absolute Gasteiger partial charge is 2.00 e. The SMILES string of the molecule is O.[Al+3].[O-2].[Si+4]. The molecule has 0 rings (SSSR count). The van der Waals surface area contributed by atoms with Gasteiger partial charge in [0.1, 0.15) is 0 Å². The molecule has 0 heterocycles. The maximum absolute atomic E-state index is 0. The zero-order chi connectivity index (χ0) is 0. The predicted octanol–water partition coefficient (Wildman–Crippen LogP) is -1.71. The Morgan fingerprint density at radius 2 is 1.00 bits per heavy atom. The predicted molar refractivity (Wildman–Crippen MR) is 15.8 cm³/mol. The van der Waals surface area contributed by atoms with E-state index in [1.54, 1.807) is 0 Å². The van der Waals surface area contributed by atoms with Crippen molar-refractivity contribution in [3.63, 3.8) is 0 Å². The van der Waals surface area contributed by atoms with Gasteiger partial charge in [-0.1, -0.05) is 0 Å². The molecule has 0 saturated heterocycles. The third-order valence-electron chi connectivity index (χ3n) is 0. The Labute approximate surface area is 40.0 Å². The van der Waals surface area contributed by atoms with Gasteiger partial charge < -0.3 is 11.0 Å². The average molecular weight is 89.1 g/mol. The molecule has 0 aromatic heterocycles. The van der Waals surface area contributed by atoms with E-state index in [-0.39, 0.29) is 39.3 Å². The molecule has 0 aliphatic carbocycles. The summed E-state index contributed by atoms with van der Waals surface area (Å²) in [6.45, 7) is 0. The molecule has 0 spiro atoms. The molecule has 0 amide bonds. The third-order valence-corrected chi connectivity index (χ3v) is 0. The Kier molecular flexibility index (Phi) is 2050. The van der Waals surface area contributed by atoms with Crippen molar-refractivity contribution in [3.05, 3.63) is 0 Å². The molecule has 0 fully saturated rings. The molecule has 0 unspecified atom stereocenters. The summed E-state index contributed by atoms with van der Waals surface area (Å²) in [7, 11) is 0. The first kappa shape index (κ1) is 140. The summed E-state index contributed by atoms with van der Waals surface area (Å²) in [6, 6.07) is 0. The van der Waals surface area contributed by atoms with Crippen molar-refractivity contribution >= 4 is 28.3 Å². The molecular formula is H2AlO2Si+5. The van der Waals surface area contributed by atoms with E-state index in [1.807, 2.05) is 0 Å². The summed E-state index contributed by atoms with van der Waals surface area (Å²) in [5.41, 5.74) is 0. The molecular weight excluding hydrogens is 87.1 g/mol. The van der Waals surface area contributed by atoms with Crippen LogP contribution < -0.4 is 0 Å². The molecule has 0 aromatic rings. The standard InChI is InChI=1S/Al.H2O.O.Si/h;1H2;;/q+3;;-2;+4. The molecule has 0 radical (unpaired) electrons. The van der Waals surface area contributed by atoms with E-state index in [0.717, 1.165) is 0 Å². The summed E-state index contributed by atoms with van der Waals surface area (Å²) >= 11 is 0. The second kappa shape index (κ2) is 58.4. The molecule has 0 bridgehead atoms. The van der Waals surface area contributed by atoms with Crippen LogP contribution in [-0.2, 0) is 5.48 Å². The van der Waals surface area contributed by atoms with Gasteiger partial charge in [-0.25, -0.2) is 0 Å². The van der Waals surface area contributed by atoms with Crippen LogP contribution in [0.1, 0.15) is 0 Å². The zero-order valence-electron chi connectivity index (χ0n) is 1.99. The molecule has 0 saturated carbocycles. The van der Waals surface area contributed by atoms with Crippen LogP contribution >= 0.6 is 0 Å². The second-order valence-corrected chi connectivity index (χ2v) is 0. The van der Waals surface area contributed by atoms with E-state index in [2.05, 4.69) is 0 Å². The minimum atomic E-state index is 0. The molecule has 0 aromatic carbocycles. The van der Waals surface area contributed by atoms with Gasteiger partial charge in [0.25, 0.3) is 0 Å². The van der Waals surface area contributed by atoms with Crippen molar-refractivity contribution in [3.8, 4) is 0 Å². The molecule has 16 valence electrons. The van der Waals surface area contributed by atoms with Crippen LogP contribution in [0.25, 0.3) is 0 Å². The van der Waals surface area contributed by atoms with E-state index in [0.29, 0.717) is 0 Å². The van der Waals surface area contributed by atoms with Crippen LogP contribution in [0.5, 0.6) is 0 Å². The van der Waals surface area contributed by atoms with Crippen molar-refractivity contribution in [1.82, 2.24) is 0 Å². The Hall–Kier alpha value is 0.669. The zero-order valence-corrected chi connectivity index (χ0v) is 4.14. The molecule has 0 aliphatic heterocycles. The van der Waals surface area contributed by atoms with Crippen LogP contribution in [0, 0.1) is 0 Å². The largest absolute Gasteiger partial charge is 4.00 e. The van der Waals surface area contributed by atoms with Gasteiger partial charge in [0, 0.05) is 0 Å². The van der Waals surface area contributed by atoms with Crippen molar-refractivity contribution in [2.45, 2.75) is 0 Å². The van der Waals surface area contributed by atoms with E-state index >= 15 is 0 Å². The summed E-state index contributed by atoms with van der Waals surface area (Å²) < 4.78 is 0. The Balaban J connectivity index is 0. The fourth-order valence-electron chi connectivity index (χ4n) is 0. The molecule has 2 N–H and O–H groups in total. The average Bonchev–Trinajstić information content (AvgIpc) is 0. The van der Waals surface area contributed by atoms with Crippen molar-refractivity contribution < 1.29 is 11.0 Å². The first-order chi connectivity index (χ1) is 0. The minimum absolute atomic E-state index is 0. The summed E-state index contributed by atoms with van der Waals surface area (Å²) in [4.78, 5) is 0. The summed E-state index contributed by atoms with van der Waals surface area (Å²) in [5.74, 6) is 0. The first-order valence-electron chi connectivity index (χ1n) is 0. The number of rotatable bonds is 0. The molecule has 0 atom stereocenters. The number of hydrogen-bond donors (Lipinski definition) is 0. The Morgan fingerprint density at radius 3 is 1.00 bits per heavy atom. The Bertz CT molecular complexity index is 6.00.